The number of benzene rings is 2. The number of halogens is 6. The monoisotopic (exact) mass is 432 g/mol. The molecule has 2 aliphatic rings. The third kappa shape index (κ3) is 3.65. The first-order valence-electron chi connectivity index (χ1n) is 8.59. The highest BCUT2D eigenvalue weighted by molar-refractivity contribution is 7.99. The number of hydrogen-bond donors (Lipinski definition) is 0. The van der Waals surface area contributed by atoms with Gasteiger partial charge in [0.05, 0.1) is 34.9 Å². The van der Waals surface area contributed by atoms with E-state index in [1.807, 2.05) is 0 Å². The number of anilines is 2. The molecule has 2 aromatic rings. The van der Waals surface area contributed by atoms with Gasteiger partial charge in [0.25, 0.3) is 5.91 Å². The molecule has 2 aliphatic heterocycles. The van der Waals surface area contributed by atoms with E-state index < -0.39 is 35.4 Å². The fourth-order valence-corrected chi connectivity index (χ4v) is 4.70. The molecule has 10 heteroatoms. The number of fused-ring (bicyclic) bond motifs is 3. The van der Waals surface area contributed by atoms with Crippen molar-refractivity contribution in [3.63, 3.8) is 0 Å². The largest absolute Gasteiger partial charge is 0.416 e. The van der Waals surface area contributed by atoms with Crippen molar-refractivity contribution in [1.82, 2.24) is 0 Å². The first-order chi connectivity index (χ1) is 13.6. The smallest absolute Gasteiger partial charge is 0.348 e. The Labute approximate surface area is 166 Å². The van der Waals surface area contributed by atoms with Crippen molar-refractivity contribution in [2.45, 2.75) is 24.9 Å². The van der Waals surface area contributed by atoms with Gasteiger partial charge >= 0.3 is 12.4 Å². The average molecular weight is 432 g/mol. The van der Waals surface area contributed by atoms with Gasteiger partial charge in [0.2, 0.25) is 0 Å². The number of rotatable bonds is 2. The van der Waals surface area contributed by atoms with Crippen LogP contribution in [-0.4, -0.2) is 23.6 Å². The zero-order chi connectivity index (χ0) is 21.0. The molecular formula is C19H14F6N2OS. The minimum Gasteiger partial charge on any atom is -0.348 e. The molecule has 1 atom stereocenters. The number of alkyl halides is 6. The van der Waals surface area contributed by atoms with E-state index >= 15 is 0 Å². The third-order valence-electron chi connectivity index (χ3n) is 4.93. The van der Waals surface area contributed by atoms with Gasteiger partial charge in [-0.2, -0.15) is 26.3 Å². The van der Waals surface area contributed by atoms with E-state index in [1.165, 1.54) is 30.0 Å². The van der Waals surface area contributed by atoms with Crippen molar-refractivity contribution in [2.24, 2.45) is 0 Å². The highest BCUT2D eigenvalue weighted by atomic mass is 32.2. The van der Waals surface area contributed by atoms with E-state index in [0.29, 0.717) is 17.3 Å². The van der Waals surface area contributed by atoms with Gasteiger partial charge in [-0.25, -0.2) is 0 Å². The molecule has 4 rings (SSSR count). The number of amides is 1. The van der Waals surface area contributed by atoms with Gasteiger partial charge in [-0.1, -0.05) is 12.1 Å². The van der Waals surface area contributed by atoms with Crippen molar-refractivity contribution in [1.29, 1.82) is 0 Å². The van der Waals surface area contributed by atoms with Crippen LogP contribution in [0.5, 0.6) is 0 Å². The van der Waals surface area contributed by atoms with Crippen molar-refractivity contribution in [2.75, 3.05) is 21.4 Å². The molecule has 0 spiro atoms. The van der Waals surface area contributed by atoms with Gasteiger partial charge in [-0.15, -0.1) is 11.8 Å². The van der Waals surface area contributed by atoms with E-state index in [4.69, 9.17) is 0 Å². The molecule has 29 heavy (non-hydrogen) atoms. The van der Waals surface area contributed by atoms with Gasteiger partial charge in [-0.3, -0.25) is 4.79 Å². The molecule has 1 fully saturated rings. The summed E-state index contributed by atoms with van der Waals surface area (Å²) in [5, 5.41) is 0. The molecular weight excluding hydrogens is 418 g/mol. The maximum absolute atomic E-state index is 13.2. The summed E-state index contributed by atoms with van der Waals surface area (Å²) >= 11 is 1.48. The fourth-order valence-electron chi connectivity index (χ4n) is 3.53. The fraction of sp³-hybridized carbons (Fsp3) is 0.316. The number of carbonyl (C=O) groups excluding carboxylic acids is 1. The highest BCUT2D eigenvalue weighted by Gasteiger charge is 2.43. The molecule has 0 aromatic heterocycles. The van der Waals surface area contributed by atoms with Gasteiger partial charge < -0.3 is 9.80 Å². The second kappa shape index (κ2) is 6.86. The lowest BCUT2D eigenvalue weighted by Crippen LogP contribution is -2.51. The second-order valence-corrected chi connectivity index (χ2v) is 7.81. The standard InChI is InChI=1S/C19H14F6N2OS/c20-18(21,22)12-3-1-2-11(6-12)8-26-15-7-13(19(23,24)25)4-5-14(15)27-10-29-9-16(27)17(26)28/h1-7,16H,8-10H2. The molecule has 0 aliphatic carbocycles. The number of hydrogen-bond acceptors (Lipinski definition) is 3. The minimum absolute atomic E-state index is 0.0565. The summed E-state index contributed by atoms with van der Waals surface area (Å²) < 4.78 is 78.7. The van der Waals surface area contributed by atoms with Crippen molar-refractivity contribution >= 4 is 29.0 Å². The molecule has 154 valence electrons. The van der Waals surface area contributed by atoms with E-state index in [0.717, 1.165) is 29.2 Å². The molecule has 1 unspecified atom stereocenters. The van der Waals surface area contributed by atoms with E-state index in [-0.39, 0.29) is 17.8 Å². The summed E-state index contributed by atoms with van der Waals surface area (Å²) in [4.78, 5) is 15.9. The van der Waals surface area contributed by atoms with Crippen LogP contribution in [0.1, 0.15) is 16.7 Å². The predicted molar refractivity (Wildman–Crippen MR) is 97.7 cm³/mol. The zero-order valence-corrected chi connectivity index (χ0v) is 15.5. The van der Waals surface area contributed by atoms with Gasteiger partial charge in [0.1, 0.15) is 6.04 Å². The molecule has 3 nitrogen and oxygen atoms in total. The van der Waals surface area contributed by atoms with Crippen LogP contribution in [0.3, 0.4) is 0 Å². The van der Waals surface area contributed by atoms with Crippen molar-refractivity contribution < 1.29 is 31.1 Å². The van der Waals surface area contributed by atoms with E-state index in [2.05, 4.69) is 0 Å². The first kappa shape index (κ1) is 19.9. The van der Waals surface area contributed by atoms with Crippen molar-refractivity contribution in [3.8, 4) is 0 Å². The average Bonchev–Trinajstić information content (AvgIpc) is 3.14. The molecule has 0 N–H and O–H groups in total. The van der Waals surface area contributed by atoms with Gasteiger partial charge in [-0.05, 0) is 35.9 Å². The molecule has 1 amide bonds. The van der Waals surface area contributed by atoms with Crippen LogP contribution in [0.2, 0.25) is 0 Å². The Balaban J connectivity index is 1.77. The Kier molecular flexibility index (Phi) is 4.71. The summed E-state index contributed by atoms with van der Waals surface area (Å²) in [6, 6.07) is 7.08. The summed E-state index contributed by atoms with van der Waals surface area (Å²) in [7, 11) is 0. The summed E-state index contributed by atoms with van der Waals surface area (Å²) in [6.45, 7) is -0.244. The van der Waals surface area contributed by atoms with E-state index in [1.54, 1.807) is 4.90 Å². The first-order valence-corrected chi connectivity index (χ1v) is 9.74. The second-order valence-electron chi connectivity index (χ2n) is 6.81. The molecule has 0 radical (unpaired) electrons. The topological polar surface area (TPSA) is 23.6 Å². The Morgan fingerprint density at radius 2 is 1.62 bits per heavy atom. The lowest BCUT2D eigenvalue weighted by molar-refractivity contribution is -0.138. The van der Waals surface area contributed by atoms with Crippen LogP contribution in [0.25, 0.3) is 0 Å². The Bertz CT molecular complexity index is 958. The quantitative estimate of drug-likeness (QED) is 0.614. The normalized spacial score (nSPS) is 19.4. The van der Waals surface area contributed by atoms with Crippen molar-refractivity contribution in [3.05, 3.63) is 59.2 Å². The highest BCUT2D eigenvalue weighted by Crippen LogP contribution is 2.44. The Morgan fingerprint density at radius 1 is 0.931 bits per heavy atom. The number of nitrogens with zero attached hydrogens (tertiary/aromatic N) is 2. The van der Waals surface area contributed by atoms with Crippen LogP contribution in [0.4, 0.5) is 37.7 Å². The van der Waals surface area contributed by atoms with Gasteiger partial charge in [0.15, 0.2) is 0 Å². The minimum atomic E-state index is -4.60. The summed E-state index contributed by atoms with van der Waals surface area (Å²) in [5.74, 6) is 0.518. The Morgan fingerprint density at radius 3 is 2.31 bits per heavy atom. The predicted octanol–water partition coefficient (Wildman–Crippen LogP) is 5.15. The molecule has 0 bridgehead atoms. The number of thioether (sulfide) groups is 1. The molecule has 2 heterocycles. The van der Waals surface area contributed by atoms with Gasteiger partial charge in [0, 0.05) is 5.75 Å². The third-order valence-corrected chi connectivity index (χ3v) is 5.94. The molecule has 1 saturated heterocycles. The Hall–Kier alpha value is -2.36. The lowest BCUT2D eigenvalue weighted by atomic mass is 10.0. The molecule has 2 aromatic carbocycles. The van der Waals surface area contributed by atoms with Crippen LogP contribution < -0.4 is 9.80 Å². The lowest BCUT2D eigenvalue weighted by Gasteiger charge is -2.39. The number of carbonyl (C=O) groups is 1. The molecule has 0 saturated carbocycles. The SMILES string of the molecule is O=C1C2CSCN2c2ccc(C(F)(F)F)cc2N1Cc1cccc(C(F)(F)F)c1. The van der Waals surface area contributed by atoms with Crippen LogP contribution in [-0.2, 0) is 23.7 Å². The van der Waals surface area contributed by atoms with Crippen LogP contribution >= 0.6 is 11.8 Å². The zero-order valence-electron chi connectivity index (χ0n) is 14.7. The van der Waals surface area contributed by atoms with Crippen LogP contribution in [0.15, 0.2) is 42.5 Å². The van der Waals surface area contributed by atoms with Crippen LogP contribution in [0, 0.1) is 0 Å². The maximum Gasteiger partial charge on any atom is 0.416 e. The summed E-state index contributed by atoms with van der Waals surface area (Å²) in [6.07, 6.45) is -9.15. The summed E-state index contributed by atoms with van der Waals surface area (Å²) in [5.41, 5.74) is -1.07. The van der Waals surface area contributed by atoms with E-state index in [9.17, 15) is 31.1 Å². The maximum atomic E-state index is 13.2.